The molecule has 0 unspecified atom stereocenters. The number of halogens is 1. The number of nitrogens with one attached hydrogen (secondary N) is 1. The molecule has 0 spiro atoms. The van der Waals surface area contributed by atoms with Crippen molar-refractivity contribution in [2.45, 2.75) is 13.8 Å². The first-order valence-electron chi connectivity index (χ1n) is 5.20. The fraction of sp³-hybridized carbons (Fsp3) is 0.364. The topological polar surface area (TPSA) is 58.4 Å². The molecule has 0 saturated carbocycles. The molecule has 0 aliphatic heterocycles. The van der Waals surface area contributed by atoms with Gasteiger partial charge in [0.05, 0.1) is 16.4 Å². The van der Waals surface area contributed by atoms with E-state index in [1.165, 1.54) is 0 Å². The minimum absolute atomic E-state index is 0.190. The van der Waals surface area contributed by atoms with Crippen LogP contribution in [0.15, 0.2) is 18.2 Å². The summed E-state index contributed by atoms with van der Waals surface area (Å²) in [6.45, 7) is 5.12. The highest BCUT2D eigenvalue weighted by Gasteiger charge is 2.12. The largest absolute Gasteiger partial charge is 0.397 e. The molecule has 0 aliphatic rings. The van der Waals surface area contributed by atoms with E-state index in [1.807, 2.05) is 13.8 Å². The predicted octanol–water partition coefficient (Wildman–Crippen LogP) is 2.80. The SMILES string of the molecule is CCN(CC)C(=O)Nc1c(N)cccc1Cl. The molecule has 0 fully saturated rings. The Bertz CT molecular complexity index is 357. The summed E-state index contributed by atoms with van der Waals surface area (Å²) in [5.41, 5.74) is 6.67. The zero-order chi connectivity index (χ0) is 12.1. The van der Waals surface area contributed by atoms with Crippen molar-refractivity contribution in [3.8, 4) is 0 Å². The molecule has 2 amide bonds. The summed E-state index contributed by atoms with van der Waals surface area (Å²) in [5, 5.41) is 3.16. The molecule has 0 bridgehead atoms. The number of nitrogens with zero attached hydrogens (tertiary/aromatic N) is 1. The van der Waals surface area contributed by atoms with E-state index >= 15 is 0 Å². The minimum atomic E-state index is -0.190. The Balaban J connectivity index is 2.84. The second kappa shape index (κ2) is 5.61. The average Bonchev–Trinajstić information content (AvgIpc) is 2.25. The first-order valence-corrected chi connectivity index (χ1v) is 5.57. The van der Waals surface area contributed by atoms with E-state index in [-0.39, 0.29) is 6.03 Å². The van der Waals surface area contributed by atoms with Crippen LogP contribution in [-0.4, -0.2) is 24.0 Å². The summed E-state index contributed by atoms with van der Waals surface area (Å²) < 4.78 is 0. The molecular formula is C11H16ClN3O. The maximum Gasteiger partial charge on any atom is 0.321 e. The third kappa shape index (κ3) is 2.79. The molecule has 5 heteroatoms. The molecule has 1 rings (SSSR count). The number of nitrogens with two attached hydrogens (primary N) is 1. The highest BCUT2D eigenvalue weighted by molar-refractivity contribution is 6.34. The third-order valence-corrected chi connectivity index (χ3v) is 2.64. The smallest absolute Gasteiger partial charge is 0.321 e. The maximum atomic E-state index is 11.8. The van der Waals surface area contributed by atoms with E-state index in [0.29, 0.717) is 29.5 Å². The van der Waals surface area contributed by atoms with Gasteiger partial charge in [-0.2, -0.15) is 0 Å². The van der Waals surface area contributed by atoms with Crippen LogP contribution < -0.4 is 11.1 Å². The molecule has 16 heavy (non-hydrogen) atoms. The Morgan fingerprint density at radius 3 is 2.56 bits per heavy atom. The van der Waals surface area contributed by atoms with Crippen LogP contribution in [-0.2, 0) is 0 Å². The van der Waals surface area contributed by atoms with Gasteiger partial charge in [-0.1, -0.05) is 17.7 Å². The summed E-state index contributed by atoms with van der Waals surface area (Å²) >= 11 is 5.95. The van der Waals surface area contributed by atoms with Gasteiger partial charge in [0.2, 0.25) is 0 Å². The zero-order valence-electron chi connectivity index (χ0n) is 9.46. The number of amides is 2. The zero-order valence-corrected chi connectivity index (χ0v) is 10.2. The lowest BCUT2D eigenvalue weighted by Crippen LogP contribution is -2.34. The van der Waals surface area contributed by atoms with E-state index in [4.69, 9.17) is 17.3 Å². The molecular weight excluding hydrogens is 226 g/mol. The normalized spacial score (nSPS) is 9.94. The monoisotopic (exact) mass is 241 g/mol. The number of carbonyl (C=O) groups excluding carboxylic acids is 1. The summed E-state index contributed by atoms with van der Waals surface area (Å²) in [5.74, 6) is 0. The first kappa shape index (κ1) is 12.6. The lowest BCUT2D eigenvalue weighted by Gasteiger charge is -2.20. The quantitative estimate of drug-likeness (QED) is 0.800. The van der Waals surface area contributed by atoms with E-state index in [2.05, 4.69) is 5.32 Å². The van der Waals surface area contributed by atoms with Gasteiger partial charge in [0.1, 0.15) is 0 Å². The number of nitrogen functional groups attached to an aromatic ring is 1. The number of urea groups is 1. The lowest BCUT2D eigenvalue weighted by atomic mass is 10.2. The van der Waals surface area contributed by atoms with Crippen molar-refractivity contribution in [2.75, 3.05) is 24.1 Å². The number of hydrogen-bond acceptors (Lipinski definition) is 2. The summed E-state index contributed by atoms with van der Waals surface area (Å²) in [6.07, 6.45) is 0. The Kier molecular flexibility index (Phi) is 4.43. The molecule has 0 heterocycles. The molecule has 88 valence electrons. The van der Waals surface area contributed by atoms with Gasteiger partial charge in [0.25, 0.3) is 0 Å². The van der Waals surface area contributed by atoms with Gasteiger partial charge in [0, 0.05) is 13.1 Å². The van der Waals surface area contributed by atoms with Gasteiger partial charge in [0.15, 0.2) is 0 Å². The van der Waals surface area contributed by atoms with Crippen LogP contribution in [0.25, 0.3) is 0 Å². The van der Waals surface area contributed by atoms with Crippen LogP contribution in [0.2, 0.25) is 5.02 Å². The summed E-state index contributed by atoms with van der Waals surface area (Å²) in [6, 6.07) is 4.94. The van der Waals surface area contributed by atoms with Gasteiger partial charge >= 0.3 is 6.03 Å². The Morgan fingerprint density at radius 2 is 2.06 bits per heavy atom. The third-order valence-electron chi connectivity index (χ3n) is 2.33. The van der Waals surface area contributed by atoms with Crippen molar-refractivity contribution in [3.63, 3.8) is 0 Å². The highest BCUT2D eigenvalue weighted by atomic mass is 35.5. The second-order valence-electron chi connectivity index (χ2n) is 3.31. The van der Waals surface area contributed by atoms with E-state index < -0.39 is 0 Å². The number of rotatable bonds is 3. The molecule has 1 aromatic rings. The van der Waals surface area contributed by atoms with Crippen molar-refractivity contribution in [1.82, 2.24) is 4.90 Å². The van der Waals surface area contributed by atoms with Gasteiger partial charge in [-0.15, -0.1) is 0 Å². The number of carbonyl (C=O) groups is 1. The Morgan fingerprint density at radius 1 is 1.44 bits per heavy atom. The second-order valence-corrected chi connectivity index (χ2v) is 3.71. The maximum absolute atomic E-state index is 11.8. The van der Waals surface area contributed by atoms with Gasteiger partial charge in [-0.25, -0.2) is 4.79 Å². The van der Waals surface area contributed by atoms with Crippen molar-refractivity contribution in [1.29, 1.82) is 0 Å². The predicted molar refractivity (Wildman–Crippen MR) is 67.8 cm³/mol. The van der Waals surface area contributed by atoms with Crippen molar-refractivity contribution in [3.05, 3.63) is 23.2 Å². The molecule has 0 aromatic heterocycles. The van der Waals surface area contributed by atoms with Gasteiger partial charge in [-0.05, 0) is 26.0 Å². The molecule has 4 nitrogen and oxygen atoms in total. The molecule has 0 saturated heterocycles. The van der Waals surface area contributed by atoms with Crippen LogP contribution in [0.1, 0.15) is 13.8 Å². The van der Waals surface area contributed by atoms with Gasteiger partial charge in [-0.3, -0.25) is 0 Å². The summed E-state index contributed by atoms with van der Waals surface area (Å²) in [7, 11) is 0. The van der Waals surface area contributed by atoms with E-state index in [1.54, 1.807) is 23.1 Å². The average molecular weight is 242 g/mol. The molecule has 0 radical (unpaired) electrons. The van der Waals surface area contributed by atoms with Crippen molar-refractivity contribution >= 4 is 29.0 Å². The number of hydrogen-bond donors (Lipinski definition) is 2. The van der Waals surface area contributed by atoms with Gasteiger partial charge < -0.3 is 16.0 Å². The van der Waals surface area contributed by atoms with Crippen LogP contribution in [0.3, 0.4) is 0 Å². The van der Waals surface area contributed by atoms with E-state index in [9.17, 15) is 4.79 Å². The Labute approximate surface area is 100 Å². The van der Waals surface area contributed by atoms with Crippen LogP contribution in [0.5, 0.6) is 0 Å². The molecule has 0 aliphatic carbocycles. The molecule has 0 atom stereocenters. The van der Waals surface area contributed by atoms with Crippen LogP contribution in [0, 0.1) is 0 Å². The number of para-hydroxylation sites is 1. The fourth-order valence-electron chi connectivity index (χ4n) is 1.37. The van der Waals surface area contributed by atoms with Crippen LogP contribution in [0.4, 0.5) is 16.2 Å². The van der Waals surface area contributed by atoms with Crippen molar-refractivity contribution in [2.24, 2.45) is 0 Å². The highest BCUT2D eigenvalue weighted by Crippen LogP contribution is 2.27. The molecule has 1 aromatic carbocycles. The molecule has 3 N–H and O–H groups in total. The number of benzene rings is 1. The standard InChI is InChI=1S/C11H16ClN3O/c1-3-15(4-2)11(16)14-10-8(12)6-5-7-9(10)13/h5-7H,3-4,13H2,1-2H3,(H,14,16). The van der Waals surface area contributed by atoms with E-state index in [0.717, 1.165) is 0 Å². The number of anilines is 2. The minimum Gasteiger partial charge on any atom is -0.397 e. The Hall–Kier alpha value is -1.42. The lowest BCUT2D eigenvalue weighted by molar-refractivity contribution is 0.217. The van der Waals surface area contributed by atoms with Crippen molar-refractivity contribution < 1.29 is 4.79 Å². The summed E-state index contributed by atoms with van der Waals surface area (Å²) in [4.78, 5) is 13.4. The fourth-order valence-corrected chi connectivity index (χ4v) is 1.60. The first-order chi connectivity index (χ1) is 7.60. The van der Waals surface area contributed by atoms with Crippen LogP contribution >= 0.6 is 11.6 Å².